The minimum absolute atomic E-state index is 0.00795. The SMILES string of the molecule is CC(C)(C)CNC(=O)c1ccccc1S(=O)(O)=S. The molecule has 0 saturated carbocycles. The predicted molar refractivity (Wildman–Crippen MR) is 74.6 cm³/mol. The van der Waals surface area contributed by atoms with Crippen LogP contribution in [0.15, 0.2) is 29.2 Å². The van der Waals surface area contributed by atoms with Crippen molar-refractivity contribution in [3.05, 3.63) is 29.8 Å². The molecule has 2 N–H and O–H groups in total. The van der Waals surface area contributed by atoms with Crippen molar-refractivity contribution in [2.24, 2.45) is 5.41 Å². The first-order valence-corrected chi connectivity index (χ1v) is 7.90. The largest absolute Gasteiger partial charge is 0.351 e. The molecule has 1 aromatic carbocycles. The first-order valence-electron chi connectivity index (χ1n) is 5.46. The van der Waals surface area contributed by atoms with E-state index in [2.05, 4.69) is 16.5 Å². The normalized spacial score (nSPS) is 14.9. The summed E-state index contributed by atoms with van der Waals surface area (Å²) in [5.74, 6) is -0.382. The minimum Gasteiger partial charge on any atom is -0.351 e. The second-order valence-electron chi connectivity index (χ2n) is 5.21. The van der Waals surface area contributed by atoms with Gasteiger partial charge in [-0.25, -0.2) is 4.21 Å². The minimum atomic E-state index is -3.56. The fourth-order valence-electron chi connectivity index (χ4n) is 1.32. The Morgan fingerprint density at radius 3 is 2.44 bits per heavy atom. The summed E-state index contributed by atoms with van der Waals surface area (Å²) in [5.41, 5.74) is 0.100. The number of carbonyl (C=O) groups is 1. The van der Waals surface area contributed by atoms with Crippen LogP contribution in [0.4, 0.5) is 0 Å². The summed E-state index contributed by atoms with van der Waals surface area (Å²) in [5, 5.41) is 2.73. The van der Waals surface area contributed by atoms with E-state index in [0.717, 1.165) is 0 Å². The van der Waals surface area contributed by atoms with Gasteiger partial charge in [0, 0.05) is 17.7 Å². The van der Waals surface area contributed by atoms with Crippen molar-refractivity contribution in [1.82, 2.24) is 5.32 Å². The molecule has 0 saturated heterocycles. The molecule has 6 heteroatoms. The number of benzene rings is 1. The molecular formula is C12H17NO3S2. The van der Waals surface area contributed by atoms with E-state index in [1.807, 2.05) is 20.8 Å². The number of hydrogen-bond acceptors (Lipinski definition) is 3. The number of carbonyl (C=O) groups excluding carboxylic acids is 1. The number of hydrogen-bond donors (Lipinski definition) is 2. The van der Waals surface area contributed by atoms with E-state index in [1.54, 1.807) is 12.1 Å². The van der Waals surface area contributed by atoms with Gasteiger partial charge in [0.05, 0.1) is 10.5 Å². The van der Waals surface area contributed by atoms with Crippen molar-refractivity contribution in [2.45, 2.75) is 25.7 Å². The van der Waals surface area contributed by atoms with Crippen LogP contribution in [0.1, 0.15) is 31.1 Å². The topological polar surface area (TPSA) is 66.4 Å². The lowest BCUT2D eigenvalue weighted by Gasteiger charge is -2.19. The Morgan fingerprint density at radius 1 is 1.39 bits per heavy atom. The molecule has 1 atom stereocenters. The van der Waals surface area contributed by atoms with Gasteiger partial charge in [-0.05, 0) is 17.5 Å². The van der Waals surface area contributed by atoms with Crippen LogP contribution in [-0.2, 0) is 20.0 Å². The van der Waals surface area contributed by atoms with Crippen LogP contribution in [0.25, 0.3) is 0 Å². The molecule has 1 amide bonds. The van der Waals surface area contributed by atoms with E-state index in [1.165, 1.54) is 12.1 Å². The van der Waals surface area contributed by atoms with Crippen molar-refractivity contribution >= 4 is 25.9 Å². The van der Waals surface area contributed by atoms with Crippen LogP contribution in [0.3, 0.4) is 0 Å². The van der Waals surface area contributed by atoms with Crippen molar-refractivity contribution in [1.29, 1.82) is 0 Å². The molecule has 1 unspecified atom stereocenters. The summed E-state index contributed by atoms with van der Waals surface area (Å²) in [6.07, 6.45) is 0. The third-order valence-corrected chi connectivity index (χ3v) is 3.64. The van der Waals surface area contributed by atoms with Crippen LogP contribution in [0.5, 0.6) is 0 Å². The van der Waals surface area contributed by atoms with Gasteiger partial charge in [-0.3, -0.25) is 4.79 Å². The van der Waals surface area contributed by atoms with Crippen LogP contribution >= 0.6 is 0 Å². The number of rotatable bonds is 3. The van der Waals surface area contributed by atoms with Gasteiger partial charge in [-0.1, -0.05) is 32.9 Å². The molecule has 0 fully saturated rings. The lowest BCUT2D eigenvalue weighted by molar-refractivity contribution is 0.0936. The fraction of sp³-hybridized carbons (Fsp3) is 0.417. The highest BCUT2D eigenvalue weighted by Gasteiger charge is 2.19. The zero-order valence-corrected chi connectivity index (χ0v) is 12.2. The average Bonchev–Trinajstić information content (AvgIpc) is 2.24. The van der Waals surface area contributed by atoms with Crippen LogP contribution in [0.2, 0.25) is 0 Å². The number of nitrogens with one attached hydrogen (secondary N) is 1. The highest BCUT2D eigenvalue weighted by Crippen LogP contribution is 2.16. The van der Waals surface area contributed by atoms with Gasteiger partial charge in [0.2, 0.25) is 0 Å². The molecule has 18 heavy (non-hydrogen) atoms. The second-order valence-corrected chi connectivity index (χ2v) is 7.96. The molecule has 1 rings (SSSR count). The fourth-order valence-corrected chi connectivity index (χ4v) is 2.45. The van der Waals surface area contributed by atoms with Crippen molar-refractivity contribution in [3.8, 4) is 0 Å². The molecule has 0 bridgehead atoms. The Bertz CT molecular complexity index is 545. The Labute approximate surface area is 112 Å². The van der Waals surface area contributed by atoms with Gasteiger partial charge >= 0.3 is 0 Å². The average molecular weight is 287 g/mol. The van der Waals surface area contributed by atoms with Crippen molar-refractivity contribution < 1.29 is 13.6 Å². The van der Waals surface area contributed by atoms with Gasteiger partial charge < -0.3 is 9.87 Å². The molecule has 0 aliphatic heterocycles. The van der Waals surface area contributed by atoms with Crippen LogP contribution in [0, 0.1) is 5.41 Å². The highest BCUT2D eigenvalue weighted by atomic mass is 32.8. The molecule has 0 radical (unpaired) electrons. The zero-order chi connectivity index (χ0) is 14.0. The number of amides is 1. The lowest BCUT2D eigenvalue weighted by atomic mass is 9.97. The molecular weight excluding hydrogens is 270 g/mol. The van der Waals surface area contributed by atoms with Gasteiger partial charge in [0.1, 0.15) is 0 Å². The summed E-state index contributed by atoms with van der Waals surface area (Å²) in [4.78, 5) is 12.0. The lowest BCUT2D eigenvalue weighted by Crippen LogP contribution is -2.33. The van der Waals surface area contributed by atoms with Crippen LogP contribution < -0.4 is 5.32 Å². The molecule has 0 spiro atoms. The summed E-state index contributed by atoms with van der Waals surface area (Å²) in [6.45, 7) is 6.44. The van der Waals surface area contributed by atoms with E-state index in [0.29, 0.717) is 6.54 Å². The molecule has 1 aromatic rings. The van der Waals surface area contributed by atoms with E-state index >= 15 is 0 Å². The molecule has 0 aliphatic rings. The third-order valence-electron chi connectivity index (χ3n) is 2.19. The summed E-state index contributed by atoms with van der Waals surface area (Å²) >= 11 is 4.52. The van der Waals surface area contributed by atoms with Crippen LogP contribution in [-0.4, -0.2) is 21.2 Å². The molecule has 0 aromatic heterocycles. The third kappa shape index (κ3) is 4.36. The molecule has 4 nitrogen and oxygen atoms in total. The van der Waals surface area contributed by atoms with Crippen molar-refractivity contribution in [3.63, 3.8) is 0 Å². The smallest absolute Gasteiger partial charge is 0.252 e. The Hall–Kier alpha value is -0.980. The molecule has 100 valence electrons. The summed E-state index contributed by atoms with van der Waals surface area (Å²) in [7, 11) is -3.56. The second kappa shape index (κ2) is 5.34. The summed E-state index contributed by atoms with van der Waals surface area (Å²) < 4.78 is 20.9. The maximum absolute atomic E-state index is 12.0. The van der Waals surface area contributed by atoms with Crippen molar-refractivity contribution in [2.75, 3.05) is 6.54 Å². The Balaban J connectivity index is 3.01. The Kier molecular flexibility index (Phi) is 4.47. The van der Waals surface area contributed by atoms with E-state index in [9.17, 15) is 13.6 Å². The monoisotopic (exact) mass is 287 g/mol. The summed E-state index contributed by atoms with van der Waals surface area (Å²) in [6, 6.07) is 6.12. The molecule has 0 aliphatic carbocycles. The molecule has 0 heterocycles. The van der Waals surface area contributed by atoms with Gasteiger partial charge in [-0.15, -0.1) is 0 Å². The van der Waals surface area contributed by atoms with Gasteiger partial charge in [0.25, 0.3) is 5.91 Å². The standard InChI is InChI=1S/C12H17NO3S2/c1-12(2,3)8-13-11(14)9-6-4-5-7-10(9)18(15,16)17/h4-7H,8H2,1-3H3,(H,13,14)(H,15,16,17). The van der Waals surface area contributed by atoms with E-state index < -0.39 is 8.77 Å². The van der Waals surface area contributed by atoms with Gasteiger partial charge in [-0.2, -0.15) is 0 Å². The first kappa shape index (κ1) is 15.1. The zero-order valence-electron chi connectivity index (χ0n) is 10.6. The predicted octanol–water partition coefficient (Wildman–Crippen LogP) is 2.04. The van der Waals surface area contributed by atoms with E-state index in [-0.39, 0.29) is 21.8 Å². The maximum atomic E-state index is 12.0. The Morgan fingerprint density at radius 2 is 1.94 bits per heavy atom. The highest BCUT2D eigenvalue weighted by molar-refractivity contribution is 8.29. The first-order chi connectivity index (χ1) is 8.11. The quantitative estimate of drug-likeness (QED) is 0.893. The maximum Gasteiger partial charge on any atom is 0.252 e. The van der Waals surface area contributed by atoms with Gasteiger partial charge in [0.15, 0.2) is 8.77 Å². The van der Waals surface area contributed by atoms with E-state index in [4.69, 9.17) is 0 Å².